The maximum Gasteiger partial charge on any atom is 0.311 e. The van der Waals surface area contributed by atoms with Crippen LogP contribution >= 0.6 is 21.6 Å². The largest absolute Gasteiger partial charge is 0.465 e. The molecule has 0 spiro atoms. The first-order valence-corrected chi connectivity index (χ1v) is 16.5. The highest BCUT2D eigenvalue weighted by molar-refractivity contribution is 8.76. The first kappa shape index (κ1) is 31.0. The third-order valence-electron chi connectivity index (χ3n) is 6.60. The van der Waals surface area contributed by atoms with Gasteiger partial charge in [-0.3, -0.25) is 9.59 Å². The number of rotatable bonds is 19. The lowest BCUT2D eigenvalue weighted by molar-refractivity contribution is -0.143. The van der Waals surface area contributed by atoms with Gasteiger partial charge in [-0.2, -0.15) is 0 Å². The molecule has 0 radical (unpaired) electrons. The normalized spacial score (nSPS) is 14.6. The van der Waals surface area contributed by atoms with Crippen molar-refractivity contribution in [1.29, 1.82) is 0 Å². The van der Waals surface area contributed by atoms with Crippen LogP contribution in [0.25, 0.3) is 0 Å². The van der Waals surface area contributed by atoms with Gasteiger partial charge >= 0.3 is 11.9 Å². The van der Waals surface area contributed by atoms with E-state index in [4.69, 9.17) is 9.47 Å². The summed E-state index contributed by atoms with van der Waals surface area (Å²) in [6.07, 6.45) is 12.2. The van der Waals surface area contributed by atoms with Crippen LogP contribution in [0.5, 0.6) is 5.75 Å². The molecule has 7 heteroatoms. The zero-order chi connectivity index (χ0) is 25.8. The zero-order valence-electron chi connectivity index (χ0n) is 22.5. The van der Waals surface area contributed by atoms with Crippen molar-refractivity contribution in [3.8, 4) is 5.75 Å². The first-order chi connectivity index (χ1) is 17.6. The number of nitrogens with zero attached hydrogens (tertiary/aromatic N) is 1. The van der Waals surface area contributed by atoms with E-state index in [0.717, 1.165) is 37.9 Å². The number of hydrogen-bond acceptors (Lipinski definition) is 7. The van der Waals surface area contributed by atoms with Gasteiger partial charge in [-0.15, -0.1) is 0 Å². The highest BCUT2D eigenvalue weighted by Gasteiger charge is 2.19. The smallest absolute Gasteiger partial charge is 0.311 e. The highest BCUT2D eigenvalue weighted by Crippen LogP contribution is 2.24. The molecule has 1 aromatic rings. The van der Waals surface area contributed by atoms with Crippen molar-refractivity contribution >= 4 is 33.5 Å². The fraction of sp³-hybridized carbons (Fsp3) is 0.724. The van der Waals surface area contributed by atoms with Crippen molar-refractivity contribution in [3.05, 3.63) is 29.8 Å². The van der Waals surface area contributed by atoms with Gasteiger partial charge in [0.15, 0.2) is 0 Å². The predicted octanol–water partition coefficient (Wildman–Crippen LogP) is 7.32. The third-order valence-corrected chi connectivity index (χ3v) is 9.19. The molecule has 0 saturated carbocycles. The first-order valence-electron chi connectivity index (χ1n) is 14.0. The number of unbranched alkanes of at least 4 members (excludes halogenated alkanes) is 5. The Morgan fingerprint density at radius 3 is 2.31 bits per heavy atom. The van der Waals surface area contributed by atoms with Crippen molar-refractivity contribution in [2.45, 2.75) is 90.9 Å². The van der Waals surface area contributed by atoms with E-state index in [9.17, 15) is 9.59 Å². The van der Waals surface area contributed by atoms with E-state index in [1.54, 1.807) is 12.1 Å². The van der Waals surface area contributed by atoms with Crippen LogP contribution in [0.1, 0.15) is 90.0 Å². The molecule has 5 nitrogen and oxygen atoms in total. The molecule has 0 N–H and O–H groups in total. The maximum atomic E-state index is 12.3. The highest BCUT2D eigenvalue weighted by atomic mass is 33.1. The van der Waals surface area contributed by atoms with Crippen molar-refractivity contribution in [1.82, 2.24) is 4.90 Å². The molecule has 204 valence electrons. The van der Waals surface area contributed by atoms with Gasteiger partial charge in [-0.1, -0.05) is 79.7 Å². The number of piperidine rings is 1. The summed E-state index contributed by atoms with van der Waals surface area (Å²) in [4.78, 5) is 26.8. The molecule has 1 aromatic carbocycles. The van der Waals surface area contributed by atoms with Crippen LogP contribution in [0, 0.1) is 5.92 Å². The lowest BCUT2D eigenvalue weighted by atomic mass is 9.94. The number of hydrogen-bond donors (Lipinski definition) is 0. The Bertz CT molecular complexity index is 720. The Morgan fingerprint density at radius 2 is 1.58 bits per heavy atom. The van der Waals surface area contributed by atoms with Gasteiger partial charge in [-0.05, 0) is 68.8 Å². The van der Waals surface area contributed by atoms with Gasteiger partial charge in [0, 0.05) is 24.5 Å². The van der Waals surface area contributed by atoms with E-state index in [2.05, 4.69) is 18.7 Å². The molecule has 1 fully saturated rings. The van der Waals surface area contributed by atoms with Crippen molar-refractivity contribution in [3.63, 3.8) is 0 Å². The summed E-state index contributed by atoms with van der Waals surface area (Å²) in [6, 6.07) is 7.19. The van der Waals surface area contributed by atoms with E-state index >= 15 is 0 Å². The minimum absolute atomic E-state index is 0.187. The molecular formula is C29H47NO4S2. The van der Waals surface area contributed by atoms with Gasteiger partial charge in [0.05, 0.1) is 13.0 Å². The average Bonchev–Trinajstić information content (AvgIpc) is 2.88. The SMILES string of the molecule is CCCCCCCCC(=O)Oc1ccc(CC(=O)OCCC2CCN(CCSSCCC)CC2)cc1. The lowest BCUT2D eigenvalue weighted by Crippen LogP contribution is -2.35. The molecule has 1 aliphatic rings. The van der Waals surface area contributed by atoms with Crippen LogP contribution in [0.3, 0.4) is 0 Å². The van der Waals surface area contributed by atoms with Crippen LogP contribution in [0.15, 0.2) is 24.3 Å². The molecule has 0 amide bonds. The Hall–Kier alpha value is -1.18. The van der Waals surface area contributed by atoms with Crippen LogP contribution in [0.2, 0.25) is 0 Å². The summed E-state index contributed by atoms with van der Waals surface area (Å²) < 4.78 is 10.9. The van der Waals surface area contributed by atoms with Gasteiger partial charge in [-0.25, -0.2) is 0 Å². The van der Waals surface area contributed by atoms with E-state index in [1.807, 2.05) is 33.7 Å². The molecular weight excluding hydrogens is 490 g/mol. The fourth-order valence-corrected chi connectivity index (χ4v) is 6.50. The van der Waals surface area contributed by atoms with Crippen molar-refractivity contribution in [2.75, 3.05) is 37.7 Å². The lowest BCUT2D eigenvalue weighted by Gasteiger charge is -2.31. The molecule has 0 unspecified atom stereocenters. The standard InChI is InChI=1S/C29H47NO4S2/c1-3-5-6-7-8-9-10-28(31)34-27-13-11-26(12-14-27)24-29(32)33-21-17-25-15-18-30(19-16-25)20-23-36-35-22-4-2/h11-14,25H,3-10,15-24H2,1-2H3. The summed E-state index contributed by atoms with van der Waals surface area (Å²) in [7, 11) is 3.98. The molecule has 0 bridgehead atoms. The van der Waals surface area contributed by atoms with Gasteiger partial charge in [0.1, 0.15) is 5.75 Å². The quantitative estimate of drug-likeness (QED) is 0.0793. The minimum atomic E-state index is -0.193. The summed E-state index contributed by atoms with van der Waals surface area (Å²) in [5.74, 6) is 3.26. The molecule has 36 heavy (non-hydrogen) atoms. The molecule has 1 heterocycles. The Labute approximate surface area is 227 Å². The molecule has 1 aliphatic heterocycles. The second-order valence-corrected chi connectivity index (χ2v) is 12.5. The molecule has 0 atom stereocenters. The van der Waals surface area contributed by atoms with Crippen LogP contribution in [-0.2, 0) is 20.7 Å². The van der Waals surface area contributed by atoms with Gasteiger partial charge in [0.25, 0.3) is 0 Å². The monoisotopic (exact) mass is 537 g/mol. The Morgan fingerprint density at radius 1 is 0.889 bits per heavy atom. The summed E-state index contributed by atoms with van der Waals surface area (Å²) in [6.45, 7) is 8.43. The Balaban J connectivity index is 1.53. The minimum Gasteiger partial charge on any atom is -0.465 e. The molecule has 0 aromatic heterocycles. The summed E-state index contributed by atoms with van der Waals surface area (Å²) in [5.41, 5.74) is 0.874. The van der Waals surface area contributed by atoms with Gasteiger partial charge < -0.3 is 14.4 Å². The summed E-state index contributed by atoms with van der Waals surface area (Å²) >= 11 is 0. The second-order valence-electron chi connectivity index (χ2n) is 9.75. The molecule has 1 saturated heterocycles. The van der Waals surface area contributed by atoms with E-state index in [1.165, 1.54) is 63.0 Å². The number of esters is 2. The fourth-order valence-electron chi connectivity index (χ4n) is 4.33. The van der Waals surface area contributed by atoms with E-state index < -0.39 is 0 Å². The Kier molecular flexibility index (Phi) is 17.1. The number of carbonyl (C=O) groups excluding carboxylic acids is 2. The number of ether oxygens (including phenoxy) is 2. The van der Waals surface area contributed by atoms with Crippen molar-refractivity contribution < 1.29 is 19.1 Å². The zero-order valence-corrected chi connectivity index (χ0v) is 24.1. The number of carbonyl (C=O) groups is 2. The average molecular weight is 538 g/mol. The maximum absolute atomic E-state index is 12.3. The van der Waals surface area contributed by atoms with Crippen LogP contribution in [0.4, 0.5) is 0 Å². The molecule has 0 aliphatic carbocycles. The van der Waals surface area contributed by atoms with E-state index in [-0.39, 0.29) is 18.4 Å². The van der Waals surface area contributed by atoms with Crippen LogP contribution in [-0.4, -0.2) is 54.6 Å². The third kappa shape index (κ3) is 14.5. The number of benzene rings is 1. The van der Waals surface area contributed by atoms with Crippen molar-refractivity contribution in [2.24, 2.45) is 5.92 Å². The summed E-state index contributed by atoms with van der Waals surface area (Å²) in [5, 5.41) is 0. The number of likely N-dealkylation sites (tertiary alicyclic amines) is 1. The van der Waals surface area contributed by atoms with Crippen LogP contribution < -0.4 is 4.74 Å². The second kappa shape index (κ2) is 19.9. The topological polar surface area (TPSA) is 55.8 Å². The van der Waals surface area contributed by atoms with E-state index in [0.29, 0.717) is 24.7 Å². The van der Waals surface area contributed by atoms with Gasteiger partial charge in [0.2, 0.25) is 0 Å². The molecule has 2 rings (SSSR count). The predicted molar refractivity (Wildman–Crippen MR) is 154 cm³/mol.